The Morgan fingerprint density at radius 1 is 1.22 bits per heavy atom. The first kappa shape index (κ1) is 30.2. The standard InChI is InChI=1S/C28H35FN6O5S/c1-20-17-23(31-19-25(36)30-12-15-34(2)3)8-7-21(20)9-16-41(38,39)35-13-10-28(11-14-35)27(37)32-26(33-28)22-5-4-6-24(18-22)40-29/h4-9,16-18,31H,10-15,19H2,1-3H3,(H,30,36)(H,32,33,37)/b16-9+. The van der Waals surface area contributed by atoms with Crippen molar-refractivity contribution in [2.75, 3.05) is 52.1 Å². The zero-order valence-corrected chi connectivity index (χ0v) is 24.1. The van der Waals surface area contributed by atoms with Crippen molar-refractivity contribution in [3.63, 3.8) is 0 Å². The van der Waals surface area contributed by atoms with Gasteiger partial charge in [0.2, 0.25) is 15.9 Å². The van der Waals surface area contributed by atoms with Gasteiger partial charge in [0.1, 0.15) is 11.4 Å². The van der Waals surface area contributed by atoms with E-state index in [-0.39, 0.29) is 50.0 Å². The van der Waals surface area contributed by atoms with Crippen LogP contribution in [0.4, 0.5) is 10.2 Å². The zero-order valence-electron chi connectivity index (χ0n) is 23.3. The number of benzene rings is 2. The number of piperidine rings is 1. The Kier molecular flexibility index (Phi) is 9.41. The number of carbonyl (C=O) groups excluding carboxylic acids is 2. The van der Waals surface area contributed by atoms with E-state index >= 15 is 0 Å². The smallest absolute Gasteiger partial charge is 0.253 e. The molecule has 3 N–H and O–H groups in total. The molecule has 1 fully saturated rings. The van der Waals surface area contributed by atoms with Gasteiger partial charge in [-0.05, 0) is 75.3 Å². The Morgan fingerprint density at radius 2 is 1.98 bits per heavy atom. The number of likely N-dealkylation sites (N-methyl/N-ethyl adjacent to an activating group) is 1. The summed E-state index contributed by atoms with van der Waals surface area (Å²) in [6.07, 6.45) is 1.99. The quantitative estimate of drug-likeness (QED) is 0.367. The normalized spacial score (nSPS) is 17.1. The second-order valence-corrected chi connectivity index (χ2v) is 12.2. The number of hydrogen-bond acceptors (Lipinski definition) is 8. The molecule has 11 nitrogen and oxygen atoms in total. The highest BCUT2D eigenvalue weighted by molar-refractivity contribution is 7.92. The molecule has 220 valence electrons. The summed E-state index contributed by atoms with van der Waals surface area (Å²) in [5.74, 6) is -0.112. The molecule has 0 aromatic heterocycles. The summed E-state index contributed by atoms with van der Waals surface area (Å²) in [5.41, 5.74) is 1.76. The van der Waals surface area contributed by atoms with Gasteiger partial charge in [0.25, 0.3) is 5.91 Å². The Balaban J connectivity index is 1.34. The van der Waals surface area contributed by atoms with Crippen LogP contribution in [-0.4, -0.2) is 87.6 Å². The number of amidine groups is 1. The van der Waals surface area contributed by atoms with Gasteiger partial charge in [-0.3, -0.25) is 19.5 Å². The highest BCUT2D eigenvalue weighted by Gasteiger charge is 2.47. The van der Waals surface area contributed by atoms with Crippen LogP contribution >= 0.6 is 0 Å². The van der Waals surface area contributed by atoms with Crippen LogP contribution in [0, 0.1) is 6.92 Å². The molecule has 0 unspecified atom stereocenters. The van der Waals surface area contributed by atoms with Crippen LogP contribution in [0.2, 0.25) is 0 Å². The highest BCUT2D eigenvalue weighted by atomic mass is 32.2. The first-order chi connectivity index (χ1) is 19.5. The molecule has 0 aliphatic carbocycles. The van der Waals surface area contributed by atoms with Crippen molar-refractivity contribution in [1.29, 1.82) is 0 Å². The van der Waals surface area contributed by atoms with Gasteiger partial charge in [0.05, 0.1) is 6.54 Å². The van der Waals surface area contributed by atoms with Crippen molar-refractivity contribution in [3.8, 4) is 5.75 Å². The molecule has 2 aliphatic heterocycles. The van der Waals surface area contributed by atoms with Gasteiger partial charge in [-0.15, -0.1) is 0 Å². The van der Waals surface area contributed by atoms with Gasteiger partial charge >= 0.3 is 0 Å². The van der Waals surface area contributed by atoms with E-state index in [0.29, 0.717) is 17.9 Å². The first-order valence-corrected chi connectivity index (χ1v) is 14.8. The summed E-state index contributed by atoms with van der Waals surface area (Å²) in [6.45, 7) is 3.57. The van der Waals surface area contributed by atoms with E-state index < -0.39 is 15.6 Å². The summed E-state index contributed by atoms with van der Waals surface area (Å²) >= 11 is 0. The molecule has 1 saturated heterocycles. The van der Waals surface area contributed by atoms with Crippen LogP contribution in [0.25, 0.3) is 6.08 Å². The Labute approximate surface area is 239 Å². The van der Waals surface area contributed by atoms with Gasteiger partial charge in [-0.2, -0.15) is 4.31 Å². The number of anilines is 1. The molecule has 1 spiro atoms. The lowest BCUT2D eigenvalue weighted by Gasteiger charge is -2.34. The average molecular weight is 587 g/mol. The lowest BCUT2D eigenvalue weighted by atomic mass is 9.89. The van der Waals surface area contributed by atoms with E-state index in [0.717, 1.165) is 23.4 Å². The number of aliphatic imine (C=N–C) groups is 1. The molecule has 0 atom stereocenters. The number of halogens is 1. The lowest BCUT2D eigenvalue weighted by Crippen LogP contribution is -2.50. The number of rotatable bonds is 11. The third-order valence-corrected chi connectivity index (χ3v) is 8.68. The maximum Gasteiger partial charge on any atom is 0.253 e. The SMILES string of the molecule is Cc1cc(NCC(=O)NCCN(C)C)ccc1/C=C/S(=O)(=O)N1CCC2(CC1)N=C(c1cccc(OF)c1)NC2=O. The molecule has 0 saturated carbocycles. The summed E-state index contributed by atoms with van der Waals surface area (Å²) in [6, 6.07) is 11.6. The molecule has 2 aromatic rings. The monoisotopic (exact) mass is 586 g/mol. The number of amides is 2. The van der Waals surface area contributed by atoms with E-state index in [4.69, 9.17) is 0 Å². The summed E-state index contributed by atoms with van der Waals surface area (Å²) in [4.78, 5) is 35.2. The molecule has 0 bridgehead atoms. The molecular weight excluding hydrogens is 551 g/mol. The lowest BCUT2D eigenvalue weighted by molar-refractivity contribution is -0.125. The predicted molar refractivity (Wildman–Crippen MR) is 156 cm³/mol. The van der Waals surface area contributed by atoms with Gasteiger partial charge in [-0.25, -0.2) is 8.42 Å². The number of hydrogen-bond donors (Lipinski definition) is 3. The molecule has 41 heavy (non-hydrogen) atoms. The van der Waals surface area contributed by atoms with Crippen molar-refractivity contribution < 1.29 is 27.5 Å². The number of nitrogens with one attached hydrogen (secondary N) is 3. The highest BCUT2D eigenvalue weighted by Crippen LogP contribution is 2.33. The summed E-state index contributed by atoms with van der Waals surface area (Å²) < 4.78 is 40.1. The van der Waals surface area contributed by atoms with Crippen LogP contribution in [0.1, 0.15) is 29.5 Å². The number of nitrogens with zero attached hydrogens (tertiary/aromatic N) is 3. The van der Waals surface area contributed by atoms with Crippen molar-refractivity contribution in [2.45, 2.75) is 25.3 Å². The van der Waals surface area contributed by atoms with Gasteiger partial charge < -0.3 is 20.9 Å². The van der Waals surface area contributed by atoms with Gasteiger partial charge in [-0.1, -0.05) is 18.2 Å². The van der Waals surface area contributed by atoms with E-state index in [9.17, 15) is 22.5 Å². The Morgan fingerprint density at radius 3 is 2.66 bits per heavy atom. The molecule has 13 heteroatoms. The van der Waals surface area contributed by atoms with E-state index in [1.165, 1.54) is 21.8 Å². The molecule has 4 rings (SSSR count). The fraction of sp³-hybridized carbons (Fsp3) is 0.393. The summed E-state index contributed by atoms with van der Waals surface area (Å²) in [7, 11) is 0.132. The number of sulfonamides is 1. The number of aryl methyl sites for hydroxylation is 1. The second-order valence-electron chi connectivity index (χ2n) is 10.4. The molecule has 2 amide bonds. The van der Waals surface area contributed by atoms with Crippen molar-refractivity contribution in [3.05, 3.63) is 64.6 Å². The van der Waals surface area contributed by atoms with E-state index in [2.05, 4.69) is 25.9 Å². The number of carbonyl (C=O) groups is 2. The third-order valence-electron chi connectivity index (χ3n) is 7.11. The minimum Gasteiger partial charge on any atom is -0.376 e. The largest absolute Gasteiger partial charge is 0.376 e. The second kappa shape index (κ2) is 12.8. The third kappa shape index (κ3) is 7.48. The van der Waals surface area contributed by atoms with Crippen LogP contribution in [0.15, 0.2) is 52.9 Å². The van der Waals surface area contributed by atoms with E-state index in [1.807, 2.05) is 32.0 Å². The van der Waals surface area contributed by atoms with Gasteiger partial charge in [0, 0.05) is 47.4 Å². The summed E-state index contributed by atoms with van der Waals surface area (Å²) in [5, 5.41) is 9.83. The average Bonchev–Trinajstić information content (AvgIpc) is 3.26. The zero-order chi connectivity index (χ0) is 29.6. The molecule has 2 heterocycles. The maximum atomic E-state index is 13.1. The maximum absolute atomic E-state index is 13.1. The van der Waals surface area contributed by atoms with Crippen LogP contribution in [0.3, 0.4) is 0 Å². The topological polar surface area (TPSA) is 132 Å². The first-order valence-electron chi connectivity index (χ1n) is 13.3. The van der Waals surface area contributed by atoms with Crippen molar-refractivity contribution in [2.24, 2.45) is 4.99 Å². The van der Waals surface area contributed by atoms with Gasteiger partial charge in [0.15, 0.2) is 5.75 Å². The molecular formula is C28H35FN6O5S. The minimum atomic E-state index is -3.74. The van der Waals surface area contributed by atoms with Crippen LogP contribution < -0.4 is 20.9 Å². The molecule has 0 radical (unpaired) electrons. The van der Waals surface area contributed by atoms with E-state index in [1.54, 1.807) is 30.3 Å². The van der Waals surface area contributed by atoms with Crippen LogP contribution in [0.5, 0.6) is 5.75 Å². The fourth-order valence-corrected chi connectivity index (χ4v) is 5.86. The molecule has 2 aromatic carbocycles. The van der Waals surface area contributed by atoms with Crippen LogP contribution in [-0.2, 0) is 19.6 Å². The predicted octanol–water partition coefficient (Wildman–Crippen LogP) is 2.06. The Bertz CT molecular complexity index is 1450. The fourth-order valence-electron chi connectivity index (χ4n) is 4.68. The molecule has 2 aliphatic rings. The van der Waals surface area contributed by atoms with Crippen molar-refractivity contribution >= 4 is 39.4 Å². The van der Waals surface area contributed by atoms with Crippen molar-refractivity contribution in [1.82, 2.24) is 19.8 Å². The Hall–Kier alpha value is -3.81. The minimum absolute atomic E-state index is 0.00667.